The summed E-state index contributed by atoms with van der Waals surface area (Å²) in [6.07, 6.45) is 0. The van der Waals surface area contributed by atoms with Gasteiger partial charge in [-0.2, -0.15) is 4.31 Å². The third-order valence-electron chi connectivity index (χ3n) is 5.01. The monoisotopic (exact) mass is 438 g/mol. The first-order valence-corrected chi connectivity index (χ1v) is 11.2. The summed E-state index contributed by atoms with van der Waals surface area (Å²) in [5.41, 5.74) is 2.03. The van der Waals surface area contributed by atoms with Crippen LogP contribution in [-0.2, 0) is 21.3 Å². The molecule has 0 aliphatic rings. The number of aryl methyl sites for hydroxylation is 1. The number of nitrogens with zero attached hydrogens (tertiary/aromatic N) is 2. The second-order valence-corrected chi connectivity index (χ2v) is 8.67. The van der Waals surface area contributed by atoms with Crippen molar-refractivity contribution in [3.63, 3.8) is 0 Å². The topological polar surface area (TPSA) is 85.7 Å². The van der Waals surface area contributed by atoms with E-state index in [1.165, 1.54) is 0 Å². The number of carbonyl (C=O) groups is 2. The van der Waals surface area contributed by atoms with Crippen molar-refractivity contribution in [3.8, 4) is 0 Å². The van der Waals surface area contributed by atoms with Crippen LogP contribution in [0.3, 0.4) is 0 Å². The van der Waals surface area contributed by atoms with Crippen LogP contribution in [0.4, 0.5) is 4.39 Å². The average Bonchev–Trinajstić information content (AvgIpc) is 3.00. The van der Waals surface area contributed by atoms with Crippen LogP contribution in [0.15, 0.2) is 29.2 Å². The molecule has 0 radical (unpaired) electrons. The average molecular weight is 439 g/mol. The number of aromatic nitrogens is 1. The van der Waals surface area contributed by atoms with E-state index in [1.54, 1.807) is 19.9 Å². The first kappa shape index (κ1) is 23.8. The SMILES string of the molecule is CCN(CC)S(=O)(=O)c1cc(C(=O)OCC(=O)c2cc(C)n(CC)c2C)ccc1F. The van der Waals surface area contributed by atoms with E-state index >= 15 is 0 Å². The second kappa shape index (κ2) is 9.53. The fraction of sp³-hybridized carbons (Fsp3) is 0.429. The number of rotatable bonds is 9. The van der Waals surface area contributed by atoms with E-state index in [0.717, 1.165) is 33.9 Å². The summed E-state index contributed by atoms with van der Waals surface area (Å²) in [6.45, 7) is 9.48. The van der Waals surface area contributed by atoms with Crippen molar-refractivity contribution < 1.29 is 27.1 Å². The van der Waals surface area contributed by atoms with Gasteiger partial charge in [0, 0.05) is 36.6 Å². The van der Waals surface area contributed by atoms with Gasteiger partial charge in [0.05, 0.1) is 5.56 Å². The highest BCUT2D eigenvalue weighted by molar-refractivity contribution is 7.89. The normalized spacial score (nSPS) is 11.7. The molecule has 1 aromatic heterocycles. The first-order valence-electron chi connectivity index (χ1n) is 9.75. The van der Waals surface area contributed by atoms with Crippen molar-refractivity contribution in [3.05, 3.63) is 52.6 Å². The van der Waals surface area contributed by atoms with Crippen LogP contribution in [0.25, 0.3) is 0 Å². The number of sulfonamides is 1. The summed E-state index contributed by atoms with van der Waals surface area (Å²) in [4.78, 5) is 24.3. The van der Waals surface area contributed by atoms with Crippen LogP contribution in [0.1, 0.15) is 52.9 Å². The standard InChI is InChI=1S/C21H27FN2O5S/c1-6-23(7-2)30(27,28)20-12-16(9-10-18(20)22)21(26)29-13-19(25)17-11-14(4)24(8-3)15(17)5/h9-12H,6-8,13H2,1-5H3. The van der Waals surface area contributed by atoms with Crippen molar-refractivity contribution >= 4 is 21.8 Å². The van der Waals surface area contributed by atoms with E-state index in [1.807, 2.05) is 25.3 Å². The second-order valence-electron chi connectivity index (χ2n) is 6.76. The zero-order chi connectivity index (χ0) is 22.6. The number of carbonyl (C=O) groups excluding carboxylic acids is 2. The van der Waals surface area contributed by atoms with Crippen molar-refractivity contribution in [1.29, 1.82) is 0 Å². The lowest BCUT2D eigenvalue weighted by Gasteiger charge is -2.19. The smallest absolute Gasteiger partial charge is 0.338 e. The number of hydrogen-bond acceptors (Lipinski definition) is 5. The molecule has 7 nitrogen and oxygen atoms in total. The van der Waals surface area contributed by atoms with Gasteiger partial charge in [-0.3, -0.25) is 4.79 Å². The van der Waals surface area contributed by atoms with Crippen LogP contribution < -0.4 is 0 Å². The lowest BCUT2D eigenvalue weighted by molar-refractivity contribution is 0.0474. The van der Waals surface area contributed by atoms with E-state index in [4.69, 9.17) is 4.74 Å². The summed E-state index contributed by atoms with van der Waals surface area (Å²) in [5, 5.41) is 0. The summed E-state index contributed by atoms with van der Waals surface area (Å²) >= 11 is 0. The molecule has 0 fully saturated rings. The lowest BCUT2D eigenvalue weighted by atomic mass is 10.1. The van der Waals surface area contributed by atoms with Crippen LogP contribution in [0.5, 0.6) is 0 Å². The largest absolute Gasteiger partial charge is 0.454 e. The molecule has 0 bridgehead atoms. The molecule has 9 heteroatoms. The van der Waals surface area contributed by atoms with E-state index in [0.29, 0.717) is 12.1 Å². The highest BCUT2D eigenvalue weighted by Gasteiger charge is 2.27. The van der Waals surface area contributed by atoms with Crippen LogP contribution in [-0.4, -0.2) is 48.7 Å². The predicted octanol–water partition coefficient (Wildman–Crippen LogP) is 3.33. The number of esters is 1. The minimum atomic E-state index is -4.09. The predicted molar refractivity (Wildman–Crippen MR) is 111 cm³/mol. The molecule has 0 aliphatic heterocycles. The Morgan fingerprint density at radius 1 is 1.10 bits per heavy atom. The fourth-order valence-corrected chi connectivity index (χ4v) is 4.94. The maximum atomic E-state index is 14.2. The molecule has 0 aliphatic carbocycles. The van der Waals surface area contributed by atoms with Gasteiger partial charge in [-0.05, 0) is 45.0 Å². The Kier molecular flexibility index (Phi) is 7.54. The van der Waals surface area contributed by atoms with E-state index < -0.39 is 33.3 Å². The van der Waals surface area contributed by atoms with Gasteiger partial charge >= 0.3 is 5.97 Å². The Bertz CT molecular complexity index is 1060. The number of hydrogen-bond donors (Lipinski definition) is 0. The third-order valence-corrected chi connectivity index (χ3v) is 7.08. The quantitative estimate of drug-likeness (QED) is 0.443. The summed E-state index contributed by atoms with van der Waals surface area (Å²) in [5.74, 6) is -2.22. The van der Waals surface area contributed by atoms with Crippen LogP contribution in [0, 0.1) is 19.7 Å². The molecular weight excluding hydrogens is 411 g/mol. The molecule has 30 heavy (non-hydrogen) atoms. The summed E-state index contributed by atoms with van der Waals surface area (Å²) in [7, 11) is -4.09. The number of ketones is 1. The maximum absolute atomic E-state index is 14.2. The van der Waals surface area contributed by atoms with Gasteiger partial charge in [-0.15, -0.1) is 0 Å². The van der Waals surface area contributed by atoms with Gasteiger partial charge in [-0.1, -0.05) is 13.8 Å². The van der Waals surface area contributed by atoms with Crippen LogP contribution in [0.2, 0.25) is 0 Å². The summed E-state index contributed by atoms with van der Waals surface area (Å²) in [6, 6.07) is 4.72. The molecule has 0 N–H and O–H groups in total. The van der Waals surface area contributed by atoms with Gasteiger partial charge in [0.25, 0.3) is 0 Å². The minimum absolute atomic E-state index is 0.144. The highest BCUT2D eigenvalue weighted by atomic mass is 32.2. The molecule has 0 atom stereocenters. The molecule has 2 aromatic rings. The Morgan fingerprint density at radius 2 is 1.73 bits per heavy atom. The fourth-order valence-electron chi connectivity index (χ4n) is 3.39. The van der Waals surface area contributed by atoms with Crippen LogP contribution >= 0.6 is 0 Å². The molecule has 0 saturated heterocycles. The summed E-state index contributed by atoms with van der Waals surface area (Å²) < 4.78 is 47.6. The zero-order valence-corrected chi connectivity index (χ0v) is 18.7. The zero-order valence-electron chi connectivity index (χ0n) is 17.9. The van der Waals surface area contributed by atoms with Crippen molar-refractivity contribution in [2.45, 2.75) is 46.1 Å². The van der Waals surface area contributed by atoms with E-state index in [-0.39, 0.29) is 24.4 Å². The molecule has 0 spiro atoms. The molecule has 164 valence electrons. The number of benzene rings is 1. The van der Waals surface area contributed by atoms with Gasteiger partial charge in [0.15, 0.2) is 6.61 Å². The Balaban J connectivity index is 2.21. The molecule has 0 amide bonds. The number of halogens is 1. The van der Waals surface area contributed by atoms with Crippen molar-refractivity contribution in [1.82, 2.24) is 8.87 Å². The molecular formula is C21H27FN2O5S. The number of ether oxygens (including phenoxy) is 1. The van der Waals surface area contributed by atoms with E-state index in [2.05, 4.69) is 0 Å². The van der Waals surface area contributed by atoms with E-state index in [9.17, 15) is 22.4 Å². The van der Waals surface area contributed by atoms with Gasteiger partial charge in [0.2, 0.25) is 15.8 Å². The van der Waals surface area contributed by atoms with Crippen molar-refractivity contribution in [2.75, 3.05) is 19.7 Å². The molecule has 1 aromatic carbocycles. The Hall–Kier alpha value is -2.52. The van der Waals surface area contributed by atoms with Gasteiger partial charge < -0.3 is 9.30 Å². The Morgan fingerprint density at radius 3 is 2.27 bits per heavy atom. The molecule has 0 unspecified atom stereocenters. The lowest BCUT2D eigenvalue weighted by Crippen LogP contribution is -2.31. The molecule has 1 heterocycles. The van der Waals surface area contributed by atoms with Gasteiger partial charge in [-0.25, -0.2) is 17.6 Å². The highest BCUT2D eigenvalue weighted by Crippen LogP contribution is 2.21. The van der Waals surface area contributed by atoms with Crippen molar-refractivity contribution in [2.24, 2.45) is 0 Å². The number of Topliss-reactive ketones (excluding diaryl/α,β-unsaturated/α-hetero) is 1. The Labute approximate surface area is 176 Å². The molecule has 0 saturated carbocycles. The third kappa shape index (κ3) is 4.62. The minimum Gasteiger partial charge on any atom is -0.454 e. The van der Waals surface area contributed by atoms with Gasteiger partial charge in [0.1, 0.15) is 10.7 Å². The first-order chi connectivity index (χ1) is 14.1. The maximum Gasteiger partial charge on any atom is 0.338 e. The molecule has 2 rings (SSSR count).